The topological polar surface area (TPSA) is 75.1 Å². The maximum absolute atomic E-state index is 11.4. The average molecular weight is 213 g/mol. The van der Waals surface area contributed by atoms with E-state index in [0.717, 1.165) is 31.0 Å². The summed E-state index contributed by atoms with van der Waals surface area (Å²) >= 11 is 0.998. The summed E-state index contributed by atoms with van der Waals surface area (Å²) in [6.07, 6.45) is 3.99. The van der Waals surface area contributed by atoms with Gasteiger partial charge in [0.15, 0.2) is 5.69 Å². The number of aromatic nitrogens is 2. The molecule has 0 atom stereocenters. The standard InChI is InChI=1S/C8H11N3O2S/c12-7(6-4-10-14-11-6)9-5-8(13)2-1-3-8/h4,13H,1-3,5H2,(H,9,12). The van der Waals surface area contributed by atoms with E-state index in [-0.39, 0.29) is 5.91 Å². The summed E-state index contributed by atoms with van der Waals surface area (Å²) in [7, 11) is 0. The van der Waals surface area contributed by atoms with E-state index in [1.165, 1.54) is 6.20 Å². The smallest absolute Gasteiger partial charge is 0.272 e. The molecule has 1 aliphatic carbocycles. The summed E-state index contributed by atoms with van der Waals surface area (Å²) in [5, 5.41) is 12.4. The van der Waals surface area contributed by atoms with Crippen molar-refractivity contribution in [1.29, 1.82) is 0 Å². The molecule has 76 valence electrons. The van der Waals surface area contributed by atoms with Crippen LogP contribution in [-0.4, -0.2) is 31.9 Å². The van der Waals surface area contributed by atoms with Gasteiger partial charge >= 0.3 is 0 Å². The molecule has 1 aliphatic rings. The van der Waals surface area contributed by atoms with Crippen LogP contribution in [0.25, 0.3) is 0 Å². The van der Waals surface area contributed by atoms with Gasteiger partial charge in [-0.25, -0.2) is 0 Å². The first-order valence-corrected chi connectivity index (χ1v) is 5.21. The first kappa shape index (κ1) is 9.54. The molecule has 0 spiro atoms. The van der Waals surface area contributed by atoms with E-state index in [1.807, 2.05) is 0 Å². The molecule has 0 saturated heterocycles. The monoisotopic (exact) mass is 213 g/mol. The molecule has 1 fully saturated rings. The molecule has 1 saturated carbocycles. The third kappa shape index (κ3) is 1.91. The van der Waals surface area contributed by atoms with Crippen LogP contribution in [0.3, 0.4) is 0 Å². The van der Waals surface area contributed by atoms with Gasteiger partial charge in [-0.3, -0.25) is 4.79 Å². The van der Waals surface area contributed by atoms with Crippen LogP contribution in [0, 0.1) is 0 Å². The number of amides is 1. The normalized spacial score (nSPS) is 18.6. The van der Waals surface area contributed by atoms with Crippen molar-refractivity contribution >= 4 is 17.6 Å². The molecule has 1 aromatic rings. The maximum Gasteiger partial charge on any atom is 0.272 e. The number of hydrogen-bond acceptors (Lipinski definition) is 5. The summed E-state index contributed by atoms with van der Waals surface area (Å²) in [5.41, 5.74) is -0.364. The number of hydrogen-bond donors (Lipinski definition) is 2. The molecule has 1 amide bonds. The van der Waals surface area contributed by atoms with E-state index >= 15 is 0 Å². The number of aliphatic hydroxyl groups is 1. The lowest BCUT2D eigenvalue weighted by Crippen LogP contribution is -2.47. The van der Waals surface area contributed by atoms with Crippen LogP contribution in [-0.2, 0) is 0 Å². The minimum absolute atomic E-state index is 0.265. The van der Waals surface area contributed by atoms with E-state index < -0.39 is 5.60 Å². The molecule has 0 aliphatic heterocycles. The molecule has 1 heterocycles. The van der Waals surface area contributed by atoms with Crippen molar-refractivity contribution in [2.75, 3.05) is 6.54 Å². The SMILES string of the molecule is O=C(NCC1(O)CCC1)c1cnsn1. The second kappa shape index (κ2) is 3.62. The molecule has 2 N–H and O–H groups in total. The molecule has 0 aromatic carbocycles. The zero-order valence-corrected chi connectivity index (χ0v) is 8.38. The molecule has 0 radical (unpaired) electrons. The Hall–Kier alpha value is -1.01. The Bertz CT molecular complexity index is 321. The molecule has 1 aromatic heterocycles. The van der Waals surface area contributed by atoms with E-state index in [4.69, 9.17) is 0 Å². The summed E-state index contributed by atoms with van der Waals surface area (Å²) in [5.74, 6) is -0.265. The maximum atomic E-state index is 11.4. The molecule has 5 nitrogen and oxygen atoms in total. The Labute approximate surface area is 85.5 Å². The van der Waals surface area contributed by atoms with Gasteiger partial charge in [0.05, 0.1) is 23.5 Å². The number of carbonyl (C=O) groups is 1. The van der Waals surface area contributed by atoms with Crippen molar-refractivity contribution < 1.29 is 9.90 Å². The summed E-state index contributed by atoms with van der Waals surface area (Å²) < 4.78 is 7.53. The first-order valence-electron chi connectivity index (χ1n) is 4.48. The predicted octanol–water partition coefficient (Wildman–Crippen LogP) is 0.183. The van der Waals surface area contributed by atoms with Crippen molar-refractivity contribution in [2.24, 2.45) is 0 Å². The van der Waals surface area contributed by atoms with Crippen molar-refractivity contribution in [3.05, 3.63) is 11.9 Å². The number of carbonyl (C=O) groups excluding carboxylic acids is 1. The largest absolute Gasteiger partial charge is 0.388 e. The number of nitrogens with zero attached hydrogens (tertiary/aromatic N) is 2. The fourth-order valence-corrected chi connectivity index (χ4v) is 1.77. The third-order valence-electron chi connectivity index (χ3n) is 2.46. The Morgan fingerprint density at radius 3 is 3.00 bits per heavy atom. The van der Waals surface area contributed by atoms with Gasteiger partial charge in [0.1, 0.15) is 0 Å². The first-order chi connectivity index (χ1) is 6.70. The van der Waals surface area contributed by atoms with Crippen LogP contribution in [0.5, 0.6) is 0 Å². The Morgan fingerprint density at radius 2 is 2.50 bits per heavy atom. The van der Waals surface area contributed by atoms with Crippen molar-refractivity contribution in [2.45, 2.75) is 24.9 Å². The Kier molecular flexibility index (Phi) is 2.47. The molecule has 2 rings (SSSR count). The van der Waals surface area contributed by atoms with Crippen molar-refractivity contribution in [3.8, 4) is 0 Å². The lowest BCUT2D eigenvalue weighted by Gasteiger charge is -2.36. The number of nitrogens with one attached hydrogen (secondary N) is 1. The highest BCUT2D eigenvalue weighted by molar-refractivity contribution is 6.99. The van der Waals surface area contributed by atoms with Gasteiger partial charge in [-0.05, 0) is 19.3 Å². The average Bonchev–Trinajstić information content (AvgIpc) is 2.63. The minimum atomic E-state index is -0.681. The highest BCUT2D eigenvalue weighted by Crippen LogP contribution is 2.30. The molecule has 6 heteroatoms. The minimum Gasteiger partial charge on any atom is -0.388 e. The Balaban J connectivity index is 1.84. The van der Waals surface area contributed by atoms with E-state index in [1.54, 1.807) is 0 Å². The van der Waals surface area contributed by atoms with Crippen molar-refractivity contribution in [3.63, 3.8) is 0 Å². The lowest BCUT2D eigenvalue weighted by molar-refractivity contribution is -0.0300. The van der Waals surface area contributed by atoms with Gasteiger partial charge in [0, 0.05) is 6.54 Å². The van der Waals surface area contributed by atoms with Crippen LogP contribution < -0.4 is 5.32 Å². The van der Waals surface area contributed by atoms with E-state index in [9.17, 15) is 9.90 Å². The zero-order valence-electron chi connectivity index (χ0n) is 7.56. The molecule has 0 unspecified atom stereocenters. The highest BCUT2D eigenvalue weighted by Gasteiger charge is 2.34. The van der Waals surface area contributed by atoms with Crippen LogP contribution in [0.2, 0.25) is 0 Å². The third-order valence-corrected chi connectivity index (χ3v) is 2.93. The molecule has 14 heavy (non-hydrogen) atoms. The van der Waals surface area contributed by atoms with Crippen LogP contribution in [0.4, 0.5) is 0 Å². The molecular formula is C8H11N3O2S. The fraction of sp³-hybridized carbons (Fsp3) is 0.625. The second-order valence-electron chi connectivity index (χ2n) is 3.55. The lowest BCUT2D eigenvalue weighted by atomic mass is 9.80. The Morgan fingerprint density at radius 1 is 1.71 bits per heavy atom. The fourth-order valence-electron chi connectivity index (χ4n) is 1.36. The molecule has 0 bridgehead atoms. The van der Waals surface area contributed by atoms with E-state index in [0.29, 0.717) is 12.2 Å². The van der Waals surface area contributed by atoms with Crippen LogP contribution in [0.1, 0.15) is 29.8 Å². The quantitative estimate of drug-likeness (QED) is 0.751. The summed E-state index contributed by atoms with van der Waals surface area (Å²) in [4.78, 5) is 11.4. The van der Waals surface area contributed by atoms with Gasteiger partial charge in [0.2, 0.25) is 0 Å². The van der Waals surface area contributed by atoms with Crippen LogP contribution in [0.15, 0.2) is 6.20 Å². The highest BCUT2D eigenvalue weighted by atomic mass is 32.1. The van der Waals surface area contributed by atoms with Crippen LogP contribution >= 0.6 is 11.7 Å². The predicted molar refractivity (Wildman–Crippen MR) is 51.0 cm³/mol. The van der Waals surface area contributed by atoms with Gasteiger partial charge < -0.3 is 10.4 Å². The van der Waals surface area contributed by atoms with Crippen molar-refractivity contribution in [1.82, 2.24) is 14.1 Å². The zero-order chi connectivity index (χ0) is 10.0. The van der Waals surface area contributed by atoms with Gasteiger partial charge in [-0.2, -0.15) is 8.75 Å². The summed E-state index contributed by atoms with van der Waals surface area (Å²) in [6, 6.07) is 0. The van der Waals surface area contributed by atoms with Gasteiger partial charge in [-0.1, -0.05) is 0 Å². The van der Waals surface area contributed by atoms with Gasteiger partial charge in [-0.15, -0.1) is 0 Å². The molecular weight excluding hydrogens is 202 g/mol. The van der Waals surface area contributed by atoms with E-state index in [2.05, 4.69) is 14.1 Å². The number of rotatable bonds is 3. The second-order valence-corrected chi connectivity index (χ2v) is 4.11. The van der Waals surface area contributed by atoms with Gasteiger partial charge in [0.25, 0.3) is 5.91 Å². The summed E-state index contributed by atoms with van der Waals surface area (Å²) in [6.45, 7) is 0.309.